The zero-order valence-electron chi connectivity index (χ0n) is 20.8. The van der Waals surface area contributed by atoms with Gasteiger partial charge in [-0.05, 0) is 74.2 Å². The third-order valence-electron chi connectivity index (χ3n) is 5.59. The van der Waals surface area contributed by atoms with Crippen LogP contribution in [0.4, 0.5) is 5.69 Å². The third-order valence-corrected chi connectivity index (χ3v) is 5.59. The fraction of sp³-hybridized carbons (Fsp3) is 0.286. The lowest BCUT2D eigenvalue weighted by Gasteiger charge is -2.18. The maximum atomic E-state index is 12.9. The molecule has 0 aliphatic carbocycles. The molecule has 7 nitrogen and oxygen atoms in total. The molecule has 0 saturated carbocycles. The van der Waals surface area contributed by atoms with Crippen molar-refractivity contribution in [2.45, 2.75) is 33.3 Å². The van der Waals surface area contributed by atoms with E-state index >= 15 is 0 Å². The fourth-order valence-electron chi connectivity index (χ4n) is 3.55. The van der Waals surface area contributed by atoms with E-state index in [1.54, 1.807) is 45.4 Å². The van der Waals surface area contributed by atoms with Crippen LogP contribution in [0.2, 0.25) is 0 Å². The van der Waals surface area contributed by atoms with Crippen LogP contribution in [0.3, 0.4) is 0 Å². The summed E-state index contributed by atoms with van der Waals surface area (Å²) >= 11 is 0. The normalized spacial score (nSPS) is 11.3. The molecular formula is C28H32N2O5. The number of methoxy groups -OCH3 is 2. The van der Waals surface area contributed by atoms with E-state index in [0.29, 0.717) is 41.5 Å². The van der Waals surface area contributed by atoms with Crippen molar-refractivity contribution in [2.75, 3.05) is 26.1 Å². The summed E-state index contributed by atoms with van der Waals surface area (Å²) in [6.07, 6.45) is -0.127. The Balaban J connectivity index is 1.61. The van der Waals surface area contributed by atoms with Crippen molar-refractivity contribution in [3.63, 3.8) is 0 Å². The van der Waals surface area contributed by atoms with Crippen molar-refractivity contribution in [1.29, 1.82) is 0 Å². The second-order valence-corrected chi connectivity index (χ2v) is 8.26. The SMILES string of the molecule is COc1ccc(CCNC(=O)c2ccccc2NC(=O)[C@@H](C)Oc2cc(C)ccc2C)cc1OC. The molecule has 35 heavy (non-hydrogen) atoms. The number of benzene rings is 3. The van der Waals surface area contributed by atoms with Crippen LogP contribution in [0, 0.1) is 13.8 Å². The molecule has 2 amide bonds. The van der Waals surface area contributed by atoms with Crippen molar-refractivity contribution >= 4 is 17.5 Å². The Bertz CT molecular complexity index is 1190. The van der Waals surface area contributed by atoms with Gasteiger partial charge in [-0.1, -0.05) is 30.3 Å². The van der Waals surface area contributed by atoms with E-state index in [0.717, 1.165) is 16.7 Å². The molecule has 0 unspecified atom stereocenters. The smallest absolute Gasteiger partial charge is 0.265 e. The van der Waals surface area contributed by atoms with E-state index in [4.69, 9.17) is 14.2 Å². The Morgan fingerprint density at radius 1 is 0.886 bits per heavy atom. The van der Waals surface area contributed by atoms with Crippen molar-refractivity contribution in [1.82, 2.24) is 5.32 Å². The second kappa shape index (κ2) is 11.9. The first-order chi connectivity index (χ1) is 16.8. The molecule has 2 N–H and O–H groups in total. The highest BCUT2D eigenvalue weighted by molar-refractivity contribution is 6.04. The number of amides is 2. The first-order valence-corrected chi connectivity index (χ1v) is 11.4. The Morgan fingerprint density at radius 3 is 2.37 bits per heavy atom. The predicted octanol–water partition coefficient (Wildman–Crippen LogP) is 4.70. The summed E-state index contributed by atoms with van der Waals surface area (Å²) in [5.41, 5.74) is 3.81. The van der Waals surface area contributed by atoms with E-state index < -0.39 is 6.10 Å². The number of hydrogen-bond acceptors (Lipinski definition) is 5. The maximum absolute atomic E-state index is 12.9. The van der Waals surface area contributed by atoms with Gasteiger partial charge >= 0.3 is 0 Å². The van der Waals surface area contributed by atoms with Crippen molar-refractivity contribution in [3.05, 3.63) is 82.9 Å². The predicted molar refractivity (Wildman–Crippen MR) is 137 cm³/mol. The number of rotatable bonds is 10. The van der Waals surface area contributed by atoms with Crippen LogP contribution in [-0.4, -0.2) is 38.7 Å². The molecule has 0 bridgehead atoms. The summed E-state index contributed by atoms with van der Waals surface area (Å²) in [7, 11) is 3.17. The average Bonchev–Trinajstić information content (AvgIpc) is 2.86. The number of carbonyl (C=O) groups is 2. The average molecular weight is 477 g/mol. The molecule has 0 fully saturated rings. The van der Waals surface area contributed by atoms with E-state index in [-0.39, 0.29) is 11.8 Å². The molecule has 0 aliphatic heterocycles. The number of aryl methyl sites for hydroxylation is 2. The highest BCUT2D eigenvalue weighted by atomic mass is 16.5. The number of ether oxygens (including phenoxy) is 3. The summed E-state index contributed by atoms with van der Waals surface area (Å²) < 4.78 is 16.5. The number of nitrogens with one attached hydrogen (secondary N) is 2. The van der Waals surface area contributed by atoms with Crippen molar-refractivity contribution in [3.8, 4) is 17.2 Å². The van der Waals surface area contributed by atoms with Gasteiger partial charge in [0, 0.05) is 6.54 Å². The fourth-order valence-corrected chi connectivity index (χ4v) is 3.55. The largest absolute Gasteiger partial charge is 0.493 e. The molecule has 3 aromatic rings. The van der Waals surface area contributed by atoms with Crippen molar-refractivity contribution in [2.24, 2.45) is 0 Å². The Morgan fingerprint density at radius 2 is 1.63 bits per heavy atom. The third kappa shape index (κ3) is 6.76. The van der Waals surface area contributed by atoms with Gasteiger partial charge in [0.1, 0.15) is 5.75 Å². The van der Waals surface area contributed by atoms with Gasteiger partial charge in [0.05, 0.1) is 25.5 Å². The Hall–Kier alpha value is -4.00. The monoisotopic (exact) mass is 476 g/mol. The molecule has 0 aromatic heterocycles. The number of carbonyl (C=O) groups excluding carboxylic acids is 2. The molecule has 0 heterocycles. The number of anilines is 1. The van der Waals surface area contributed by atoms with E-state index in [1.807, 2.05) is 50.2 Å². The van der Waals surface area contributed by atoms with E-state index in [9.17, 15) is 9.59 Å². The molecule has 3 rings (SSSR count). The molecule has 1 atom stereocenters. The quantitative estimate of drug-likeness (QED) is 0.443. The summed E-state index contributed by atoms with van der Waals surface area (Å²) in [4.78, 5) is 25.7. The van der Waals surface area contributed by atoms with Gasteiger partial charge in [0.2, 0.25) is 0 Å². The maximum Gasteiger partial charge on any atom is 0.265 e. The summed E-state index contributed by atoms with van der Waals surface area (Å²) in [6.45, 7) is 6.00. The lowest BCUT2D eigenvalue weighted by molar-refractivity contribution is -0.122. The molecule has 0 spiro atoms. The van der Waals surface area contributed by atoms with Crippen LogP contribution < -0.4 is 24.8 Å². The van der Waals surface area contributed by atoms with Gasteiger partial charge in [-0.2, -0.15) is 0 Å². The number of para-hydroxylation sites is 1. The number of hydrogen-bond donors (Lipinski definition) is 2. The lowest BCUT2D eigenvalue weighted by Crippen LogP contribution is -2.32. The first-order valence-electron chi connectivity index (χ1n) is 11.4. The minimum Gasteiger partial charge on any atom is -0.493 e. The van der Waals surface area contributed by atoms with Gasteiger partial charge in [-0.3, -0.25) is 9.59 Å². The van der Waals surface area contributed by atoms with Crippen LogP contribution in [0.5, 0.6) is 17.2 Å². The van der Waals surface area contributed by atoms with Crippen LogP contribution in [0.25, 0.3) is 0 Å². The van der Waals surface area contributed by atoms with Gasteiger partial charge in [0.15, 0.2) is 17.6 Å². The van der Waals surface area contributed by atoms with Crippen LogP contribution in [-0.2, 0) is 11.2 Å². The Kier molecular flexibility index (Phi) is 8.73. The lowest BCUT2D eigenvalue weighted by atomic mass is 10.1. The topological polar surface area (TPSA) is 85.9 Å². The minimum atomic E-state index is -0.739. The van der Waals surface area contributed by atoms with Gasteiger partial charge in [0.25, 0.3) is 11.8 Å². The first kappa shape index (κ1) is 25.6. The van der Waals surface area contributed by atoms with E-state index in [2.05, 4.69) is 10.6 Å². The van der Waals surface area contributed by atoms with Crippen LogP contribution >= 0.6 is 0 Å². The molecular weight excluding hydrogens is 444 g/mol. The second-order valence-electron chi connectivity index (χ2n) is 8.26. The molecule has 3 aromatic carbocycles. The summed E-state index contributed by atoms with van der Waals surface area (Å²) in [5.74, 6) is 1.34. The van der Waals surface area contributed by atoms with Crippen LogP contribution in [0.15, 0.2) is 60.7 Å². The zero-order chi connectivity index (χ0) is 25.4. The van der Waals surface area contributed by atoms with Gasteiger partial charge in [-0.15, -0.1) is 0 Å². The summed E-state index contributed by atoms with van der Waals surface area (Å²) in [6, 6.07) is 18.4. The van der Waals surface area contributed by atoms with Crippen LogP contribution in [0.1, 0.15) is 34.0 Å². The van der Waals surface area contributed by atoms with Gasteiger partial charge in [-0.25, -0.2) is 0 Å². The molecule has 7 heteroatoms. The van der Waals surface area contributed by atoms with Gasteiger partial charge < -0.3 is 24.8 Å². The molecule has 0 aliphatic rings. The molecule has 0 radical (unpaired) electrons. The highest BCUT2D eigenvalue weighted by Crippen LogP contribution is 2.27. The molecule has 184 valence electrons. The highest BCUT2D eigenvalue weighted by Gasteiger charge is 2.19. The minimum absolute atomic E-state index is 0.274. The van der Waals surface area contributed by atoms with Crippen molar-refractivity contribution < 1.29 is 23.8 Å². The standard InChI is InChI=1S/C28H32N2O5/c1-18-10-11-19(2)25(16-18)35-20(3)27(31)30-23-9-7-6-8-22(23)28(32)29-15-14-21-12-13-24(33-4)26(17-21)34-5/h6-13,16-17,20H,14-15H2,1-5H3,(H,29,32)(H,30,31)/t20-/m1/s1. The Labute approximate surface area is 206 Å². The zero-order valence-corrected chi connectivity index (χ0v) is 20.8. The summed E-state index contributed by atoms with van der Waals surface area (Å²) in [5, 5.41) is 5.74. The molecule has 0 saturated heterocycles. The van der Waals surface area contributed by atoms with E-state index in [1.165, 1.54) is 0 Å².